The zero-order chi connectivity index (χ0) is 14.3. The van der Waals surface area contributed by atoms with Crippen molar-refractivity contribution in [2.75, 3.05) is 12.3 Å². The van der Waals surface area contributed by atoms with E-state index in [0.29, 0.717) is 21.6 Å². The van der Waals surface area contributed by atoms with E-state index in [-0.39, 0.29) is 13.0 Å². The summed E-state index contributed by atoms with van der Waals surface area (Å²) in [5.41, 5.74) is 4.76. The lowest BCUT2D eigenvalue weighted by atomic mass is 9.95. The molecule has 20 heavy (non-hydrogen) atoms. The van der Waals surface area contributed by atoms with Crippen LogP contribution in [0.5, 0.6) is 0 Å². The summed E-state index contributed by atoms with van der Waals surface area (Å²) in [4.78, 5) is 8.53. The quantitative estimate of drug-likeness (QED) is 0.718. The summed E-state index contributed by atoms with van der Waals surface area (Å²) < 4.78 is 5.60. The number of aliphatic hydroxyl groups excluding tert-OH is 2. The first-order chi connectivity index (χ1) is 9.62. The summed E-state index contributed by atoms with van der Waals surface area (Å²) in [5, 5.41) is 31.3. The summed E-state index contributed by atoms with van der Waals surface area (Å²) in [6.45, 7) is -0.249. The third-order valence-electron chi connectivity index (χ3n) is 3.44. The lowest BCUT2D eigenvalue weighted by molar-refractivity contribution is -0.0568. The zero-order valence-corrected chi connectivity index (χ0v) is 11.2. The lowest BCUT2D eigenvalue weighted by Gasteiger charge is -2.23. The van der Waals surface area contributed by atoms with Crippen LogP contribution in [0.2, 0.25) is 0 Å². The summed E-state index contributed by atoms with van der Waals surface area (Å²) in [6.07, 6.45) is -0.0860. The highest BCUT2D eigenvalue weighted by atomic mass is 32.1. The molecule has 3 unspecified atom stereocenters. The van der Waals surface area contributed by atoms with Crippen molar-refractivity contribution in [1.29, 1.82) is 5.26 Å². The maximum Gasteiger partial charge on any atom is 0.217 e. The van der Waals surface area contributed by atoms with Crippen molar-refractivity contribution in [1.82, 2.24) is 9.97 Å². The fourth-order valence-corrected chi connectivity index (χ4v) is 3.56. The van der Waals surface area contributed by atoms with Crippen LogP contribution in [-0.2, 0) is 10.3 Å². The number of thiophene rings is 1. The van der Waals surface area contributed by atoms with Crippen LogP contribution >= 0.6 is 11.3 Å². The van der Waals surface area contributed by atoms with Gasteiger partial charge >= 0.3 is 0 Å². The molecule has 1 saturated heterocycles. The Kier molecular flexibility index (Phi) is 3.07. The maximum atomic E-state index is 10.2. The molecule has 2 aromatic heterocycles. The summed E-state index contributed by atoms with van der Waals surface area (Å²) in [7, 11) is 0. The van der Waals surface area contributed by atoms with Crippen molar-refractivity contribution in [2.24, 2.45) is 0 Å². The fourth-order valence-electron chi connectivity index (χ4n) is 2.42. The van der Waals surface area contributed by atoms with Crippen LogP contribution in [0, 0.1) is 11.3 Å². The molecule has 0 aromatic carbocycles. The van der Waals surface area contributed by atoms with Gasteiger partial charge < -0.3 is 20.7 Å². The first kappa shape index (κ1) is 13.2. The van der Waals surface area contributed by atoms with Crippen molar-refractivity contribution >= 4 is 28.1 Å². The molecule has 1 aliphatic heterocycles. The van der Waals surface area contributed by atoms with Crippen LogP contribution in [0.3, 0.4) is 0 Å². The minimum absolute atomic E-state index is 0.198. The summed E-state index contributed by atoms with van der Waals surface area (Å²) >= 11 is 1.24. The van der Waals surface area contributed by atoms with Gasteiger partial charge in [-0.15, -0.1) is 11.3 Å². The van der Waals surface area contributed by atoms with Gasteiger partial charge in [-0.25, -0.2) is 9.97 Å². The van der Waals surface area contributed by atoms with Crippen molar-refractivity contribution in [3.63, 3.8) is 0 Å². The van der Waals surface area contributed by atoms with E-state index >= 15 is 0 Å². The third-order valence-corrected chi connectivity index (χ3v) is 4.53. The van der Waals surface area contributed by atoms with Gasteiger partial charge in [0.05, 0.1) is 28.5 Å². The van der Waals surface area contributed by atoms with Gasteiger partial charge in [-0.3, -0.25) is 0 Å². The molecule has 0 aliphatic carbocycles. The van der Waals surface area contributed by atoms with E-state index in [0.717, 1.165) is 0 Å². The summed E-state index contributed by atoms with van der Waals surface area (Å²) in [6, 6.07) is 2.03. The van der Waals surface area contributed by atoms with Gasteiger partial charge in [-0.1, -0.05) is 0 Å². The molecule has 0 bridgehead atoms. The Morgan fingerprint density at radius 1 is 1.60 bits per heavy atom. The van der Waals surface area contributed by atoms with E-state index in [4.69, 9.17) is 10.5 Å². The molecule has 0 amide bonds. The largest absolute Gasteiger partial charge is 0.394 e. The van der Waals surface area contributed by atoms with E-state index in [9.17, 15) is 15.5 Å². The predicted octanol–water partition coefficient (Wildman–Crippen LogP) is 0.134. The van der Waals surface area contributed by atoms with E-state index in [2.05, 4.69) is 9.97 Å². The minimum atomic E-state index is -1.51. The normalized spacial score (nSPS) is 29.6. The molecule has 0 spiro atoms. The molecular formula is C12H12N4O3S. The second kappa shape index (κ2) is 4.64. The van der Waals surface area contributed by atoms with Crippen LogP contribution in [0.4, 0.5) is 5.82 Å². The Morgan fingerprint density at radius 3 is 3.05 bits per heavy atom. The summed E-state index contributed by atoms with van der Waals surface area (Å²) in [5.74, 6) is 0.316. The van der Waals surface area contributed by atoms with Crippen molar-refractivity contribution in [2.45, 2.75) is 24.2 Å². The number of hydrogen-bond donors (Lipinski definition) is 3. The first-order valence-corrected chi connectivity index (χ1v) is 6.86. The third kappa shape index (κ3) is 1.68. The van der Waals surface area contributed by atoms with E-state index in [1.54, 1.807) is 5.38 Å². The molecule has 4 N–H and O–H groups in total. The lowest BCUT2D eigenvalue weighted by Crippen LogP contribution is -2.34. The predicted molar refractivity (Wildman–Crippen MR) is 71.7 cm³/mol. The van der Waals surface area contributed by atoms with Crippen molar-refractivity contribution < 1.29 is 14.9 Å². The van der Waals surface area contributed by atoms with Crippen molar-refractivity contribution in [3.8, 4) is 6.07 Å². The number of aliphatic hydroxyl groups is 2. The Morgan fingerprint density at radius 2 is 2.40 bits per heavy atom. The molecule has 8 heteroatoms. The number of aromatic nitrogens is 2. The van der Waals surface area contributed by atoms with E-state index in [1.165, 1.54) is 17.7 Å². The van der Waals surface area contributed by atoms with Crippen LogP contribution in [0.15, 0.2) is 11.7 Å². The number of nitriles is 1. The molecule has 3 heterocycles. The monoisotopic (exact) mass is 292 g/mol. The Balaban J connectivity index is 2.18. The van der Waals surface area contributed by atoms with E-state index in [1.807, 2.05) is 6.07 Å². The molecule has 1 aliphatic rings. The first-order valence-electron chi connectivity index (χ1n) is 5.98. The van der Waals surface area contributed by atoms with Crippen LogP contribution < -0.4 is 5.73 Å². The average Bonchev–Trinajstić information content (AvgIpc) is 3.01. The number of anilines is 1. The molecule has 7 nitrogen and oxygen atoms in total. The van der Waals surface area contributed by atoms with Gasteiger partial charge in [0.1, 0.15) is 24.3 Å². The second-order valence-corrected chi connectivity index (χ2v) is 5.49. The van der Waals surface area contributed by atoms with E-state index < -0.39 is 17.8 Å². The molecule has 1 fully saturated rings. The fraction of sp³-hybridized carbons (Fsp3) is 0.417. The molecule has 0 radical (unpaired) electrons. The molecule has 3 atom stereocenters. The highest BCUT2D eigenvalue weighted by Crippen LogP contribution is 2.44. The maximum absolute atomic E-state index is 10.2. The SMILES string of the molecule is N#CC1(c2scc3c(N)ncnc23)OC(CO)CC1O. The Bertz CT molecular complexity index is 698. The molecular weight excluding hydrogens is 280 g/mol. The van der Waals surface area contributed by atoms with Gasteiger partial charge in [0, 0.05) is 11.8 Å². The Labute approximate surface area is 118 Å². The van der Waals surface area contributed by atoms with Crippen molar-refractivity contribution in [3.05, 3.63) is 16.6 Å². The second-order valence-electron chi connectivity index (χ2n) is 4.61. The number of nitrogens with zero attached hydrogens (tertiary/aromatic N) is 3. The number of fused-ring (bicyclic) bond motifs is 1. The minimum Gasteiger partial charge on any atom is -0.394 e. The molecule has 3 rings (SSSR count). The highest BCUT2D eigenvalue weighted by molar-refractivity contribution is 7.11. The van der Waals surface area contributed by atoms with Gasteiger partial charge in [0.25, 0.3) is 0 Å². The molecule has 104 valence electrons. The highest BCUT2D eigenvalue weighted by Gasteiger charge is 2.52. The van der Waals surface area contributed by atoms with Gasteiger partial charge in [-0.05, 0) is 0 Å². The Hall–Kier alpha value is -1.79. The van der Waals surface area contributed by atoms with Crippen LogP contribution in [-0.4, -0.2) is 39.0 Å². The number of ether oxygens (including phenoxy) is 1. The van der Waals surface area contributed by atoms with Crippen LogP contribution in [0.1, 0.15) is 11.3 Å². The number of nitrogen functional groups attached to an aromatic ring is 1. The smallest absolute Gasteiger partial charge is 0.217 e. The zero-order valence-electron chi connectivity index (χ0n) is 10.4. The average molecular weight is 292 g/mol. The standard InChI is InChI=1S/C12H12N4O3S/c13-4-12(8(18)1-6(2-17)19-12)10-9-7(3-20-10)11(14)16-5-15-9/h3,5-6,8,17-18H,1-2H2,(H2,14,15,16). The van der Waals surface area contributed by atoms with Gasteiger partial charge in [0.15, 0.2) is 0 Å². The molecule has 2 aromatic rings. The number of hydrogen-bond acceptors (Lipinski definition) is 8. The van der Waals surface area contributed by atoms with Gasteiger partial charge in [0.2, 0.25) is 5.60 Å². The van der Waals surface area contributed by atoms with Gasteiger partial charge in [-0.2, -0.15) is 5.26 Å². The van der Waals surface area contributed by atoms with Crippen LogP contribution in [0.25, 0.3) is 10.9 Å². The topological polar surface area (TPSA) is 125 Å². The number of rotatable bonds is 2. The molecule has 0 saturated carbocycles. The number of nitrogens with two attached hydrogens (primary N) is 1.